The van der Waals surface area contributed by atoms with Crippen molar-refractivity contribution in [1.29, 1.82) is 0 Å². The minimum absolute atomic E-state index is 0.371. The van der Waals surface area contributed by atoms with Gasteiger partial charge in [-0.05, 0) is 6.92 Å². The average Bonchev–Trinajstić information content (AvgIpc) is 1.89. The molecule has 4 heteroatoms. The summed E-state index contributed by atoms with van der Waals surface area (Å²) in [6.45, 7) is 2.11. The van der Waals surface area contributed by atoms with Gasteiger partial charge in [-0.25, -0.2) is 0 Å². The largest absolute Gasteiger partial charge is 0.465 e. The maximum atomic E-state index is 10.5. The highest BCUT2D eigenvalue weighted by Crippen LogP contribution is 1.80. The number of oxime groups is 1. The third kappa shape index (κ3) is 5.08. The maximum Gasteiger partial charge on any atom is 0.315 e. The quantitative estimate of drug-likeness (QED) is 0.325. The van der Waals surface area contributed by atoms with Crippen LogP contribution in [0.1, 0.15) is 6.92 Å². The van der Waals surface area contributed by atoms with Crippen molar-refractivity contribution in [3.05, 3.63) is 6.42 Å². The summed E-state index contributed by atoms with van der Waals surface area (Å²) < 4.78 is 4.55. The van der Waals surface area contributed by atoms with E-state index in [9.17, 15) is 4.79 Å². The normalized spacial score (nSPS) is 9.80. The molecule has 0 heterocycles. The second kappa shape index (κ2) is 6.07. The van der Waals surface area contributed by atoms with Crippen LogP contribution < -0.4 is 0 Å². The van der Waals surface area contributed by atoms with Gasteiger partial charge in [0.2, 0.25) is 0 Å². The van der Waals surface area contributed by atoms with Crippen LogP contribution in [0.2, 0.25) is 0 Å². The summed E-state index contributed by atoms with van der Waals surface area (Å²) in [7, 11) is 1.40. The summed E-state index contributed by atoms with van der Waals surface area (Å²) >= 11 is 0. The van der Waals surface area contributed by atoms with Crippen LogP contribution in [-0.2, 0) is 14.4 Å². The van der Waals surface area contributed by atoms with Crippen LogP contribution in [0.4, 0.5) is 0 Å². The van der Waals surface area contributed by atoms with E-state index in [2.05, 4.69) is 14.7 Å². The monoisotopic (exact) mass is 144 g/mol. The molecule has 0 N–H and O–H groups in total. The van der Waals surface area contributed by atoms with Crippen LogP contribution in [-0.4, -0.2) is 25.9 Å². The molecule has 0 atom stereocenters. The van der Waals surface area contributed by atoms with Crippen molar-refractivity contribution in [2.45, 2.75) is 6.92 Å². The van der Waals surface area contributed by atoms with Gasteiger partial charge in [-0.1, -0.05) is 5.16 Å². The van der Waals surface area contributed by atoms with Crippen LogP contribution in [0.3, 0.4) is 0 Å². The first-order valence-electron chi connectivity index (χ1n) is 2.88. The lowest BCUT2D eigenvalue weighted by atomic mass is 10.5. The number of rotatable bonds is 4. The molecule has 0 saturated heterocycles. The third-order valence-electron chi connectivity index (χ3n) is 0.663. The number of carbonyl (C=O) groups excluding carboxylic acids is 1. The lowest BCUT2D eigenvalue weighted by molar-refractivity contribution is -0.138. The standard InChI is InChI=1S/C6H10NO3/c1-3-10-6(8)4-5-7-9-2/h4-5H,3H2,1-2H3. The highest BCUT2D eigenvalue weighted by Gasteiger charge is 1.96. The molecular weight excluding hydrogens is 134 g/mol. The Labute approximate surface area is 59.8 Å². The van der Waals surface area contributed by atoms with Crippen LogP contribution in [0.25, 0.3) is 0 Å². The molecule has 0 aliphatic carbocycles. The minimum Gasteiger partial charge on any atom is -0.465 e. The molecule has 0 aromatic heterocycles. The molecule has 4 nitrogen and oxygen atoms in total. The van der Waals surface area contributed by atoms with Gasteiger partial charge in [0, 0.05) is 0 Å². The molecule has 0 aliphatic rings. The Balaban J connectivity index is 3.30. The van der Waals surface area contributed by atoms with Gasteiger partial charge >= 0.3 is 5.97 Å². The zero-order valence-corrected chi connectivity index (χ0v) is 6.03. The van der Waals surface area contributed by atoms with Crippen molar-refractivity contribution in [2.75, 3.05) is 13.7 Å². The minimum atomic E-state index is -0.414. The van der Waals surface area contributed by atoms with Gasteiger partial charge in [0.25, 0.3) is 0 Å². The number of hydrogen-bond acceptors (Lipinski definition) is 4. The van der Waals surface area contributed by atoms with E-state index in [1.807, 2.05) is 0 Å². The molecule has 0 unspecified atom stereocenters. The van der Waals surface area contributed by atoms with E-state index < -0.39 is 5.97 Å². The van der Waals surface area contributed by atoms with Gasteiger partial charge in [-0.3, -0.25) is 4.79 Å². The molecule has 57 valence electrons. The Kier molecular flexibility index (Phi) is 5.42. The highest BCUT2D eigenvalue weighted by atomic mass is 16.6. The van der Waals surface area contributed by atoms with Crippen molar-refractivity contribution in [1.82, 2.24) is 0 Å². The van der Waals surface area contributed by atoms with Crippen LogP contribution in [0.15, 0.2) is 5.16 Å². The molecule has 0 saturated carbocycles. The second-order valence-corrected chi connectivity index (χ2v) is 1.36. The van der Waals surface area contributed by atoms with E-state index in [0.29, 0.717) is 6.61 Å². The molecule has 0 spiro atoms. The molecule has 1 radical (unpaired) electrons. The van der Waals surface area contributed by atoms with Gasteiger partial charge in [0.05, 0.1) is 12.8 Å². The Morgan fingerprint density at radius 1 is 1.70 bits per heavy atom. The number of hydrogen-bond donors (Lipinski definition) is 0. The Morgan fingerprint density at radius 2 is 2.40 bits per heavy atom. The maximum absolute atomic E-state index is 10.5. The number of carbonyl (C=O) groups is 1. The van der Waals surface area contributed by atoms with Crippen molar-refractivity contribution in [3.63, 3.8) is 0 Å². The lowest BCUT2D eigenvalue weighted by Gasteiger charge is -1.94. The van der Waals surface area contributed by atoms with Gasteiger partial charge in [-0.2, -0.15) is 0 Å². The van der Waals surface area contributed by atoms with Gasteiger partial charge < -0.3 is 9.57 Å². The van der Waals surface area contributed by atoms with Crippen molar-refractivity contribution >= 4 is 12.2 Å². The fourth-order valence-electron chi connectivity index (χ4n) is 0.343. The molecule has 0 aromatic carbocycles. The van der Waals surface area contributed by atoms with Gasteiger partial charge in [0.1, 0.15) is 13.5 Å². The number of nitrogens with zero attached hydrogens (tertiary/aromatic N) is 1. The smallest absolute Gasteiger partial charge is 0.315 e. The van der Waals surface area contributed by atoms with E-state index in [0.717, 1.165) is 0 Å². The second-order valence-electron chi connectivity index (χ2n) is 1.36. The SMILES string of the molecule is CCOC(=O)[CH]C=NOC. The summed E-state index contributed by atoms with van der Waals surface area (Å²) in [6.07, 6.45) is 2.42. The molecule has 0 fully saturated rings. The topological polar surface area (TPSA) is 47.9 Å². The fourth-order valence-corrected chi connectivity index (χ4v) is 0.343. The average molecular weight is 144 g/mol. The number of ether oxygens (including phenoxy) is 1. The molecule has 0 bridgehead atoms. The van der Waals surface area contributed by atoms with Crippen LogP contribution in [0, 0.1) is 6.42 Å². The predicted molar refractivity (Wildman–Crippen MR) is 36.4 cm³/mol. The molecule has 0 aliphatic heterocycles. The van der Waals surface area contributed by atoms with Crippen molar-refractivity contribution in [3.8, 4) is 0 Å². The van der Waals surface area contributed by atoms with E-state index >= 15 is 0 Å². The van der Waals surface area contributed by atoms with E-state index in [-0.39, 0.29) is 0 Å². The third-order valence-corrected chi connectivity index (χ3v) is 0.663. The van der Waals surface area contributed by atoms with Crippen molar-refractivity contribution < 1.29 is 14.4 Å². The summed E-state index contributed by atoms with van der Waals surface area (Å²) in [4.78, 5) is 14.8. The van der Waals surface area contributed by atoms with E-state index in [4.69, 9.17) is 0 Å². The van der Waals surface area contributed by atoms with Crippen LogP contribution >= 0.6 is 0 Å². The first-order chi connectivity index (χ1) is 4.81. The Hall–Kier alpha value is -1.06. The number of esters is 1. The molecule has 10 heavy (non-hydrogen) atoms. The summed E-state index contributed by atoms with van der Waals surface area (Å²) in [5.41, 5.74) is 0. The highest BCUT2D eigenvalue weighted by molar-refractivity contribution is 5.98. The Bertz CT molecular complexity index is 122. The van der Waals surface area contributed by atoms with E-state index in [1.54, 1.807) is 6.92 Å². The molecule has 0 aromatic rings. The Morgan fingerprint density at radius 3 is 2.90 bits per heavy atom. The zero-order chi connectivity index (χ0) is 7.82. The van der Waals surface area contributed by atoms with Gasteiger partial charge in [-0.15, -0.1) is 0 Å². The van der Waals surface area contributed by atoms with Crippen LogP contribution in [0.5, 0.6) is 0 Å². The summed E-state index contributed by atoms with van der Waals surface area (Å²) in [5, 5.41) is 3.31. The lowest BCUT2D eigenvalue weighted by Crippen LogP contribution is -2.04. The summed E-state index contributed by atoms with van der Waals surface area (Å²) in [5.74, 6) is -0.414. The predicted octanol–water partition coefficient (Wildman–Crippen LogP) is 0.386. The molecule has 0 rings (SSSR count). The summed E-state index contributed by atoms with van der Waals surface area (Å²) in [6, 6.07) is 0. The fraction of sp³-hybridized carbons (Fsp3) is 0.500. The first kappa shape index (κ1) is 8.94. The molecular formula is C6H10NO3. The van der Waals surface area contributed by atoms with Gasteiger partial charge in [0.15, 0.2) is 0 Å². The first-order valence-corrected chi connectivity index (χ1v) is 2.88. The van der Waals surface area contributed by atoms with E-state index in [1.165, 1.54) is 19.7 Å². The molecule has 0 amide bonds. The zero-order valence-electron chi connectivity index (χ0n) is 6.03. The van der Waals surface area contributed by atoms with Crippen molar-refractivity contribution in [2.24, 2.45) is 5.16 Å².